The number of carbonyl (C=O) groups is 1. The molecule has 4 rings (SSSR count). The molecular formula is C19H15NO2S2. The lowest BCUT2D eigenvalue weighted by Crippen LogP contribution is -2.29. The van der Waals surface area contributed by atoms with Crippen LogP contribution in [0.4, 0.5) is 0 Å². The zero-order chi connectivity index (χ0) is 16.4. The van der Waals surface area contributed by atoms with Crippen molar-refractivity contribution in [2.24, 2.45) is 0 Å². The number of benzene rings is 1. The monoisotopic (exact) mass is 353 g/mol. The first-order valence-corrected chi connectivity index (χ1v) is 9.30. The van der Waals surface area contributed by atoms with Gasteiger partial charge in [-0.15, -0.1) is 22.7 Å². The van der Waals surface area contributed by atoms with E-state index in [1.165, 1.54) is 4.88 Å². The molecule has 3 nitrogen and oxygen atoms in total. The number of rotatable bonds is 5. The molecule has 0 aliphatic heterocycles. The van der Waals surface area contributed by atoms with Gasteiger partial charge >= 0.3 is 0 Å². The summed E-state index contributed by atoms with van der Waals surface area (Å²) in [5.74, 6) is 0.0609. The van der Waals surface area contributed by atoms with Gasteiger partial charge in [0.15, 0.2) is 0 Å². The minimum atomic E-state index is 0.0609. The molecule has 0 aliphatic carbocycles. The van der Waals surface area contributed by atoms with Gasteiger partial charge in [-0.3, -0.25) is 4.79 Å². The third-order valence-corrected chi connectivity index (χ3v) is 5.77. The second-order valence-corrected chi connectivity index (χ2v) is 7.64. The lowest BCUT2D eigenvalue weighted by molar-refractivity contribution is 0.0736. The molecule has 0 saturated heterocycles. The minimum Gasteiger partial charge on any atom is -0.472 e. The van der Waals surface area contributed by atoms with E-state index in [4.69, 9.17) is 4.42 Å². The Morgan fingerprint density at radius 1 is 1.08 bits per heavy atom. The Morgan fingerprint density at radius 2 is 2.00 bits per heavy atom. The van der Waals surface area contributed by atoms with Gasteiger partial charge in [-0.1, -0.05) is 24.3 Å². The molecule has 0 unspecified atom stereocenters. The van der Waals surface area contributed by atoms with Gasteiger partial charge in [0, 0.05) is 21.7 Å². The van der Waals surface area contributed by atoms with E-state index in [1.54, 1.807) is 35.2 Å². The maximum atomic E-state index is 13.1. The van der Waals surface area contributed by atoms with Gasteiger partial charge in [0.2, 0.25) is 0 Å². The average Bonchev–Trinajstić information content (AvgIpc) is 3.34. The highest BCUT2D eigenvalue weighted by atomic mass is 32.1. The van der Waals surface area contributed by atoms with Crippen molar-refractivity contribution in [3.63, 3.8) is 0 Å². The van der Waals surface area contributed by atoms with E-state index >= 15 is 0 Å². The normalized spacial score (nSPS) is 11.0. The van der Waals surface area contributed by atoms with Crippen LogP contribution < -0.4 is 0 Å². The largest absolute Gasteiger partial charge is 0.472 e. The van der Waals surface area contributed by atoms with Gasteiger partial charge in [-0.2, -0.15) is 0 Å². The number of fused-ring (bicyclic) bond motifs is 1. The maximum Gasteiger partial charge on any atom is 0.264 e. The lowest BCUT2D eigenvalue weighted by Gasteiger charge is -2.20. The molecule has 4 aromatic rings. The average molecular weight is 353 g/mol. The summed E-state index contributed by atoms with van der Waals surface area (Å²) >= 11 is 3.22. The summed E-state index contributed by atoms with van der Waals surface area (Å²) in [4.78, 5) is 16.9. The van der Waals surface area contributed by atoms with Crippen LogP contribution in [-0.4, -0.2) is 10.8 Å². The molecule has 3 heterocycles. The van der Waals surface area contributed by atoms with E-state index in [-0.39, 0.29) is 5.91 Å². The number of thiophene rings is 2. The fraction of sp³-hybridized carbons (Fsp3) is 0.105. The second kappa shape index (κ2) is 6.63. The molecule has 0 bridgehead atoms. The molecule has 24 heavy (non-hydrogen) atoms. The van der Waals surface area contributed by atoms with Crippen LogP contribution in [0, 0.1) is 0 Å². The van der Waals surface area contributed by atoms with E-state index in [2.05, 4.69) is 12.1 Å². The second-order valence-electron chi connectivity index (χ2n) is 5.52. The molecule has 0 radical (unpaired) electrons. The summed E-state index contributed by atoms with van der Waals surface area (Å²) < 4.78 is 6.29. The van der Waals surface area contributed by atoms with Crippen LogP contribution in [0.3, 0.4) is 0 Å². The van der Waals surface area contributed by atoms with Crippen LogP contribution in [0.5, 0.6) is 0 Å². The molecule has 1 aromatic carbocycles. The molecule has 0 spiro atoms. The van der Waals surface area contributed by atoms with E-state index in [0.717, 1.165) is 20.5 Å². The smallest absolute Gasteiger partial charge is 0.264 e. The van der Waals surface area contributed by atoms with Crippen molar-refractivity contribution in [1.29, 1.82) is 0 Å². The number of carbonyl (C=O) groups excluding carboxylic acids is 1. The zero-order valence-corrected chi connectivity index (χ0v) is 14.5. The van der Waals surface area contributed by atoms with Crippen LogP contribution in [0.2, 0.25) is 0 Å². The van der Waals surface area contributed by atoms with Gasteiger partial charge in [-0.05, 0) is 35.0 Å². The van der Waals surface area contributed by atoms with Crippen molar-refractivity contribution < 1.29 is 9.21 Å². The Kier molecular flexibility index (Phi) is 4.19. The molecule has 0 atom stereocenters. The van der Waals surface area contributed by atoms with Gasteiger partial charge in [0.1, 0.15) is 0 Å². The van der Waals surface area contributed by atoms with E-state index in [0.29, 0.717) is 13.1 Å². The number of hydrogen-bond acceptors (Lipinski definition) is 4. The fourth-order valence-corrected chi connectivity index (χ4v) is 4.39. The van der Waals surface area contributed by atoms with Crippen LogP contribution in [0.1, 0.15) is 20.1 Å². The first kappa shape index (κ1) is 15.2. The number of amides is 1. The van der Waals surface area contributed by atoms with Crippen molar-refractivity contribution in [2.45, 2.75) is 13.1 Å². The lowest BCUT2D eigenvalue weighted by atomic mass is 10.2. The van der Waals surface area contributed by atoms with Crippen molar-refractivity contribution >= 4 is 38.7 Å². The van der Waals surface area contributed by atoms with Gasteiger partial charge in [0.05, 0.1) is 23.9 Å². The van der Waals surface area contributed by atoms with Crippen molar-refractivity contribution in [2.75, 3.05) is 0 Å². The molecule has 120 valence electrons. The fourth-order valence-electron chi connectivity index (χ4n) is 2.64. The Labute approximate surface area is 147 Å². The van der Waals surface area contributed by atoms with Crippen LogP contribution in [-0.2, 0) is 13.1 Å². The maximum absolute atomic E-state index is 13.1. The Morgan fingerprint density at radius 3 is 2.75 bits per heavy atom. The molecule has 5 heteroatoms. The number of furan rings is 1. The Balaban J connectivity index is 1.64. The summed E-state index contributed by atoms with van der Waals surface area (Å²) in [6.07, 6.45) is 3.34. The predicted octanol–water partition coefficient (Wildman–Crippen LogP) is 5.40. The summed E-state index contributed by atoms with van der Waals surface area (Å²) in [6.45, 7) is 1.15. The standard InChI is InChI=1S/C19H15NO2S2/c21-19(18-10-15-4-1-2-6-17(15)24-18)20(11-14-7-8-22-13-14)12-16-5-3-9-23-16/h1-10,13H,11-12H2. The van der Waals surface area contributed by atoms with Crippen LogP contribution in [0.15, 0.2) is 70.9 Å². The van der Waals surface area contributed by atoms with Crippen molar-refractivity contribution in [1.82, 2.24) is 4.90 Å². The molecular weight excluding hydrogens is 338 g/mol. The highest BCUT2D eigenvalue weighted by molar-refractivity contribution is 7.20. The first-order valence-electron chi connectivity index (χ1n) is 7.61. The molecule has 0 N–H and O–H groups in total. The zero-order valence-electron chi connectivity index (χ0n) is 12.8. The molecule has 1 amide bonds. The van der Waals surface area contributed by atoms with Crippen molar-refractivity contribution in [3.05, 3.63) is 81.8 Å². The van der Waals surface area contributed by atoms with Crippen LogP contribution >= 0.6 is 22.7 Å². The molecule has 3 aromatic heterocycles. The number of nitrogens with zero attached hydrogens (tertiary/aromatic N) is 1. The summed E-state index contributed by atoms with van der Waals surface area (Å²) in [7, 11) is 0. The summed E-state index contributed by atoms with van der Waals surface area (Å²) in [6, 6.07) is 16.1. The minimum absolute atomic E-state index is 0.0609. The Hall–Kier alpha value is -2.37. The SMILES string of the molecule is O=C(c1cc2ccccc2s1)N(Cc1ccoc1)Cc1cccs1. The van der Waals surface area contributed by atoms with Gasteiger partial charge in [0.25, 0.3) is 5.91 Å². The van der Waals surface area contributed by atoms with E-state index in [1.807, 2.05) is 46.7 Å². The Bertz CT molecular complexity index is 870. The van der Waals surface area contributed by atoms with Crippen molar-refractivity contribution in [3.8, 4) is 0 Å². The quantitative estimate of drug-likeness (QED) is 0.481. The highest BCUT2D eigenvalue weighted by Gasteiger charge is 2.19. The molecule has 0 aliphatic rings. The molecule has 0 fully saturated rings. The first-order chi connectivity index (χ1) is 11.8. The van der Waals surface area contributed by atoms with Gasteiger partial charge in [-0.25, -0.2) is 0 Å². The third kappa shape index (κ3) is 3.13. The highest BCUT2D eigenvalue weighted by Crippen LogP contribution is 2.27. The predicted molar refractivity (Wildman–Crippen MR) is 98.4 cm³/mol. The number of hydrogen-bond donors (Lipinski definition) is 0. The van der Waals surface area contributed by atoms with Crippen LogP contribution in [0.25, 0.3) is 10.1 Å². The van der Waals surface area contributed by atoms with Gasteiger partial charge < -0.3 is 9.32 Å². The summed E-state index contributed by atoms with van der Waals surface area (Å²) in [5, 5.41) is 3.15. The van der Waals surface area contributed by atoms with E-state index in [9.17, 15) is 4.79 Å². The molecule has 0 saturated carbocycles. The van der Waals surface area contributed by atoms with E-state index < -0.39 is 0 Å². The summed E-state index contributed by atoms with van der Waals surface area (Å²) in [5.41, 5.74) is 1.00. The third-order valence-electron chi connectivity index (χ3n) is 3.80. The topological polar surface area (TPSA) is 33.5 Å².